The molecule has 4 N–H and O–H groups in total. The molecule has 0 fully saturated rings. The Morgan fingerprint density at radius 1 is 1.53 bits per heavy atom. The molecule has 1 rings (SSSR count). The Labute approximate surface area is 102 Å². The topological polar surface area (TPSA) is 63.3 Å². The number of amides is 1. The molecule has 1 amide bonds. The average Bonchev–Trinajstić information content (AvgIpc) is 2.78. The van der Waals surface area contributed by atoms with Crippen molar-refractivity contribution in [3.8, 4) is 0 Å². The molecule has 0 saturated heterocycles. The maximum absolute atomic E-state index is 11.4. The highest BCUT2D eigenvalue weighted by atomic mass is 16.3. The standard InChI is InChI=1S/C12H21N3O2/c1-15(2)7-4-6-13-10-12(16)14-9-11-5-3-8-17-11/h3,5,8,13H,4,6-7,9-10H2,1-2H3,(H,14,16)/p+2. The molecule has 0 unspecified atom stereocenters. The lowest BCUT2D eigenvalue weighted by Gasteiger charge is -2.06. The van der Waals surface area contributed by atoms with Gasteiger partial charge in [0.2, 0.25) is 0 Å². The normalized spacial score (nSPS) is 10.8. The zero-order chi connectivity index (χ0) is 12.5. The van der Waals surface area contributed by atoms with Crippen molar-refractivity contribution in [1.29, 1.82) is 0 Å². The number of carbonyl (C=O) groups is 1. The van der Waals surface area contributed by atoms with Crippen molar-refractivity contribution in [2.75, 3.05) is 33.7 Å². The molecule has 5 heteroatoms. The number of nitrogens with two attached hydrogens (primary N) is 1. The Kier molecular flexibility index (Phi) is 6.35. The summed E-state index contributed by atoms with van der Waals surface area (Å²) in [7, 11) is 4.27. The molecule has 0 aliphatic rings. The van der Waals surface area contributed by atoms with Gasteiger partial charge in [0.1, 0.15) is 5.76 Å². The van der Waals surface area contributed by atoms with Gasteiger partial charge in [-0.15, -0.1) is 0 Å². The summed E-state index contributed by atoms with van der Waals surface area (Å²) < 4.78 is 5.13. The molecule has 0 radical (unpaired) electrons. The van der Waals surface area contributed by atoms with Crippen LogP contribution in [0.1, 0.15) is 12.2 Å². The first-order chi connectivity index (χ1) is 8.18. The van der Waals surface area contributed by atoms with Gasteiger partial charge in [-0.25, -0.2) is 0 Å². The molecule has 0 atom stereocenters. The highest BCUT2D eigenvalue weighted by molar-refractivity contribution is 5.76. The van der Waals surface area contributed by atoms with Crippen LogP contribution in [0.3, 0.4) is 0 Å². The predicted molar refractivity (Wildman–Crippen MR) is 64.5 cm³/mol. The number of hydrogen-bond donors (Lipinski definition) is 3. The van der Waals surface area contributed by atoms with E-state index in [-0.39, 0.29) is 5.91 Å². The third-order valence-electron chi connectivity index (χ3n) is 2.45. The summed E-state index contributed by atoms with van der Waals surface area (Å²) in [6.07, 6.45) is 2.74. The van der Waals surface area contributed by atoms with Crippen molar-refractivity contribution in [3.05, 3.63) is 24.2 Å². The Morgan fingerprint density at radius 3 is 3.00 bits per heavy atom. The van der Waals surface area contributed by atoms with Crippen LogP contribution in [0.25, 0.3) is 0 Å². The van der Waals surface area contributed by atoms with Crippen LogP contribution in [-0.2, 0) is 11.3 Å². The van der Waals surface area contributed by atoms with E-state index in [4.69, 9.17) is 4.42 Å². The van der Waals surface area contributed by atoms with Crippen molar-refractivity contribution in [1.82, 2.24) is 5.32 Å². The van der Waals surface area contributed by atoms with Crippen LogP contribution >= 0.6 is 0 Å². The lowest BCUT2D eigenvalue weighted by molar-refractivity contribution is -0.860. The minimum absolute atomic E-state index is 0.0543. The Balaban J connectivity index is 1.98. The van der Waals surface area contributed by atoms with E-state index < -0.39 is 0 Å². The molecule has 96 valence electrons. The third-order valence-corrected chi connectivity index (χ3v) is 2.45. The first-order valence-corrected chi connectivity index (χ1v) is 6.08. The van der Waals surface area contributed by atoms with Gasteiger partial charge in [0.05, 0.1) is 40.0 Å². The molecule has 0 bridgehead atoms. The summed E-state index contributed by atoms with van der Waals surface area (Å²) in [4.78, 5) is 12.9. The fourth-order valence-electron chi connectivity index (χ4n) is 1.50. The smallest absolute Gasteiger partial charge is 0.275 e. The van der Waals surface area contributed by atoms with Gasteiger partial charge >= 0.3 is 0 Å². The molecule has 17 heavy (non-hydrogen) atoms. The molecule has 0 aliphatic heterocycles. The maximum Gasteiger partial charge on any atom is 0.275 e. The van der Waals surface area contributed by atoms with Crippen LogP contribution in [0.5, 0.6) is 0 Å². The summed E-state index contributed by atoms with van der Waals surface area (Å²) in [6.45, 7) is 3.11. The van der Waals surface area contributed by atoms with E-state index in [1.807, 2.05) is 17.4 Å². The molecule has 5 nitrogen and oxygen atoms in total. The molecular weight excluding hydrogens is 218 g/mol. The summed E-state index contributed by atoms with van der Waals surface area (Å²) in [5.41, 5.74) is 0. The van der Waals surface area contributed by atoms with Crippen LogP contribution in [-0.4, -0.2) is 39.6 Å². The van der Waals surface area contributed by atoms with E-state index in [2.05, 4.69) is 19.4 Å². The first kappa shape index (κ1) is 13.7. The van der Waals surface area contributed by atoms with Crippen molar-refractivity contribution >= 4 is 5.91 Å². The number of furan rings is 1. The van der Waals surface area contributed by atoms with Crippen LogP contribution in [0, 0.1) is 0 Å². The fourth-order valence-corrected chi connectivity index (χ4v) is 1.50. The lowest BCUT2D eigenvalue weighted by atomic mass is 10.4. The molecule has 0 spiro atoms. The van der Waals surface area contributed by atoms with Crippen molar-refractivity contribution < 1.29 is 19.4 Å². The quantitative estimate of drug-likeness (QED) is 0.461. The number of hydrogen-bond acceptors (Lipinski definition) is 2. The number of nitrogens with one attached hydrogen (secondary N) is 2. The van der Waals surface area contributed by atoms with Gasteiger partial charge in [-0.2, -0.15) is 0 Å². The SMILES string of the molecule is C[NH+](C)CCC[NH2+]CC(=O)NCc1ccco1. The largest absolute Gasteiger partial charge is 0.467 e. The van der Waals surface area contributed by atoms with Crippen LogP contribution in [0.2, 0.25) is 0 Å². The second-order valence-corrected chi connectivity index (χ2v) is 4.45. The van der Waals surface area contributed by atoms with Gasteiger partial charge in [0, 0.05) is 6.42 Å². The Morgan fingerprint density at radius 2 is 2.35 bits per heavy atom. The van der Waals surface area contributed by atoms with Crippen molar-refractivity contribution in [2.45, 2.75) is 13.0 Å². The molecule has 0 saturated carbocycles. The van der Waals surface area contributed by atoms with E-state index in [0.717, 1.165) is 25.3 Å². The van der Waals surface area contributed by atoms with E-state index in [0.29, 0.717) is 13.1 Å². The zero-order valence-corrected chi connectivity index (χ0v) is 10.7. The van der Waals surface area contributed by atoms with Gasteiger partial charge in [-0.3, -0.25) is 4.79 Å². The van der Waals surface area contributed by atoms with Gasteiger partial charge in [-0.05, 0) is 12.1 Å². The molecule has 0 aliphatic carbocycles. The zero-order valence-electron chi connectivity index (χ0n) is 10.7. The van der Waals surface area contributed by atoms with E-state index in [1.54, 1.807) is 6.26 Å². The monoisotopic (exact) mass is 241 g/mol. The van der Waals surface area contributed by atoms with Crippen LogP contribution in [0.15, 0.2) is 22.8 Å². The molecule has 1 aromatic heterocycles. The highest BCUT2D eigenvalue weighted by Crippen LogP contribution is 1.97. The van der Waals surface area contributed by atoms with Crippen LogP contribution < -0.4 is 15.5 Å². The number of quaternary nitrogens is 2. The Bertz CT molecular complexity index is 310. The van der Waals surface area contributed by atoms with Crippen molar-refractivity contribution in [3.63, 3.8) is 0 Å². The van der Waals surface area contributed by atoms with E-state index in [1.165, 1.54) is 4.90 Å². The van der Waals surface area contributed by atoms with Gasteiger partial charge in [0.15, 0.2) is 6.54 Å². The Hall–Kier alpha value is -1.33. The van der Waals surface area contributed by atoms with Gasteiger partial charge in [-0.1, -0.05) is 0 Å². The first-order valence-electron chi connectivity index (χ1n) is 6.08. The second kappa shape index (κ2) is 7.86. The van der Waals surface area contributed by atoms with Crippen molar-refractivity contribution in [2.24, 2.45) is 0 Å². The van der Waals surface area contributed by atoms with E-state index in [9.17, 15) is 4.79 Å². The molecular formula is C12H23N3O2+2. The van der Waals surface area contributed by atoms with Crippen LogP contribution in [0.4, 0.5) is 0 Å². The highest BCUT2D eigenvalue weighted by Gasteiger charge is 2.04. The summed E-state index contributed by atoms with van der Waals surface area (Å²) >= 11 is 0. The number of carbonyl (C=O) groups excluding carboxylic acids is 1. The minimum atomic E-state index is 0.0543. The second-order valence-electron chi connectivity index (χ2n) is 4.45. The summed E-state index contributed by atoms with van der Waals surface area (Å²) in [6, 6.07) is 3.67. The van der Waals surface area contributed by atoms with E-state index >= 15 is 0 Å². The maximum atomic E-state index is 11.4. The molecule has 1 aromatic rings. The molecule has 0 aromatic carbocycles. The predicted octanol–water partition coefficient (Wildman–Crippen LogP) is -2.01. The average molecular weight is 241 g/mol. The molecule has 1 heterocycles. The minimum Gasteiger partial charge on any atom is -0.467 e. The number of rotatable bonds is 8. The summed E-state index contributed by atoms with van der Waals surface area (Å²) in [5, 5.41) is 4.86. The van der Waals surface area contributed by atoms with Gasteiger partial charge in [0.25, 0.3) is 5.91 Å². The summed E-state index contributed by atoms with van der Waals surface area (Å²) in [5.74, 6) is 0.841. The lowest BCUT2D eigenvalue weighted by Crippen LogP contribution is -3.06. The fraction of sp³-hybridized carbons (Fsp3) is 0.583. The third kappa shape index (κ3) is 6.76. The van der Waals surface area contributed by atoms with Gasteiger partial charge < -0.3 is 20.0 Å².